The Balaban J connectivity index is 3.01. The molecule has 0 aliphatic carbocycles. The molecule has 0 bridgehead atoms. The normalized spacial score (nSPS) is 9.62. The van der Waals surface area contributed by atoms with Crippen LogP contribution in [-0.4, -0.2) is 17.6 Å². The molecule has 0 aliphatic heterocycles. The summed E-state index contributed by atoms with van der Waals surface area (Å²) in [6.07, 6.45) is 0. The minimum Gasteiger partial charge on any atom is -0.504 e. The molecule has 1 aromatic rings. The average Bonchev–Trinajstić information content (AvgIpc) is 2.10. The van der Waals surface area contributed by atoms with E-state index in [0.717, 1.165) is 0 Å². The van der Waals surface area contributed by atoms with Gasteiger partial charge in [-0.05, 0) is 19.1 Å². The van der Waals surface area contributed by atoms with Crippen LogP contribution in [0.15, 0.2) is 18.2 Å². The van der Waals surface area contributed by atoms with Crippen molar-refractivity contribution in [1.29, 1.82) is 0 Å². The van der Waals surface area contributed by atoms with Crippen LogP contribution in [0.2, 0.25) is 0 Å². The van der Waals surface area contributed by atoms with Crippen molar-refractivity contribution in [2.24, 2.45) is 0 Å². The quantitative estimate of drug-likeness (QED) is 0.719. The lowest BCUT2D eigenvalue weighted by molar-refractivity contribution is 0.0952. The van der Waals surface area contributed by atoms with Crippen LogP contribution in [0.5, 0.6) is 11.5 Å². The summed E-state index contributed by atoms with van der Waals surface area (Å²) >= 11 is 0. The smallest absolute Gasteiger partial charge is 0.255 e. The second kappa shape index (κ2) is 3.80. The van der Waals surface area contributed by atoms with E-state index in [-0.39, 0.29) is 5.56 Å². The second-order valence-corrected chi connectivity index (χ2v) is 2.51. The molecule has 0 saturated carbocycles. The third kappa shape index (κ3) is 1.90. The molecule has 1 radical (unpaired) electrons. The monoisotopic (exact) mass is 180 g/mol. The lowest BCUT2D eigenvalue weighted by Crippen LogP contribution is -2.22. The number of amides is 1. The predicted octanol–water partition coefficient (Wildman–Crippen LogP) is 1.29. The summed E-state index contributed by atoms with van der Waals surface area (Å²) in [5.41, 5.74) is 0.0225. The Kier molecular flexibility index (Phi) is 2.74. The fraction of sp³-hybridized carbons (Fsp3) is 0.222. The Morgan fingerprint density at radius 1 is 1.54 bits per heavy atom. The number of benzene rings is 1. The minimum absolute atomic E-state index is 0.0225. The van der Waals surface area contributed by atoms with Gasteiger partial charge in [0, 0.05) is 6.54 Å². The molecule has 0 atom stereocenters. The fourth-order valence-electron chi connectivity index (χ4n) is 0.961. The van der Waals surface area contributed by atoms with Crippen molar-refractivity contribution in [2.75, 3.05) is 6.54 Å². The number of rotatable bonds is 2. The molecule has 69 valence electrons. The first-order valence-corrected chi connectivity index (χ1v) is 3.94. The van der Waals surface area contributed by atoms with E-state index >= 15 is 0 Å². The van der Waals surface area contributed by atoms with E-state index in [9.17, 15) is 15.0 Å². The fourth-order valence-corrected chi connectivity index (χ4v) is 0.961. The number of phenols is 1. The topological polar surface area (TPSA) is 69.2 Å². The van der Waals surface area contributed by atoms with Crippen LogP contribution >= 0.6 is 0 Å². The Hall–Kier alpha value is -1.71. The zero-order valence-electron chi connectivity index (χ0n) is 7.20. The highest BCUT2D eigenvalue weighted by Gasteiger charge is 2.13. The molecular weight excluding hydrogens is 170 g/mol. The lowest BCUT2D eigenvalue weighted by Gasteiger charge is -2.03. The molecule has 2 N–H and O–H groups in total. The summed E-state index contributed by atoms with van der Waals surface area (Å²) in [6, 6.07) is 4.05. The molecular formula is C9H10NO3. The van der Waals surface area contributed by atoms with Gasteiger partial charge < -0.3 is 10.4 Å². The number of nitrogens with one attached hydrogen (secondary N) is 1. The van der Waals surface area contributed by atoms with Gasteiger partial charge in [0.15, 0.2) is 5.75 Å². The average molecular weight is 180 g/mol. The van der Waals surface area contributed by atoms with Crippen LogP contribution in [0.1, 0.15) is 17.3 Å². The zero-order chi connectivity index (χ0) is 9.84. The molecule has 1 aromatic carbocycles. The standard InChI is InChI=1S/C9H10NO3/c1-2-10-9(13)6-4-3-5-7(11)8(6)12/h3-5,12H,2H2,1H3,(H,10,13). The van der Waals surface area contributed by atoms with E-state index in [1.54, 1.807) is 6.92 Å². The highest BCUT2D eigenvalue weighted by molar-refractivity contribution is 5.97. The van der Waals surface area contributed by atoms with Crippen LogP contribution in [0.25, 0.3) is 0 Å². The van der Waals surface area contributed by atoms with E-state index in [1.165, 1.54) is 18.2 Å². The molecule has 13 heavy (non-hydrogen) atoms. The van der Waals surface area contributed by atoms with E-state index in [1.807, 2.05) is 0 Å². The predicted molar refractivity (Wildman–Crippen MR) is 46.2 cm³/mol. The summed E-state index contributed by atoms with van der Waals surface area (Å²) in [5.74, 6) is -1.46. The van der Waals surface area contributed by atoms with Gasteiger partial charge in [-0.15, -0.1) is 0 Å². The Bertz CT molecular complexity index is 323. The van der Waals surface area contributed by atoms with E-state index in [0.29, 0.717) is 6.54 Å². The molecule has 4 nitrogen and oxygen atoms in total. The largest absolute Gasteiger partial charge is 0.504 e. The highest BCUT2D eigenvalue weighted by Crippen LogP contribution is 2.28. The summed E-state index contributed by atoms with van der Waals surface area (Å²) in [6.45, 7) is 2.22. The van der Waals surface area contributed by atoms with Gasteiger partial charge in [-0.3, -0.25) is 9.90 Å². The van der Waals surface area contributed by atoms with Crippen molar-refractivity contribution in [3.63, 3.8) is 0 Å². The van der Waals surface area contributed by atoms with Crippen LogP contribution < -0.4 is 5.32 Å². The third-order valence-electron chi connectivity index (χ3n) is 1.58. The van der Waals surface area contributed by atoms with E-state index in [4.69, 9.17) is 0 Å². The van der Waals surface area contributed by atoms with Gasteiger partial charge in [0.25, 0.3) is 5.91 Å². The molecule has 1 amide bonds. The number of phenolic OH excluding ortho intramolecular Hbond substituents is 1. The lowest BCUT2D eigenvalue weighted by atomic mass is 10.2. The summed E-state index contributed by atoms with van der Waals surface area (Å²) in [4.78, 5) is 11.2. The molecule has 0 aliphatic rings. The van der Waals surface area contributed by atoms with Gasteiger partial charge in [-0.2, -0.15) is 0 Å². The van der Waals surface area contributed by atoms with Crippen molar-refractivity contribution in [2.45, 2.75) is 6.92 Å². The van der Waals surface area contributed by atoms with Crippen molar-refractivity contribution < 1.29 is 15.0 Å². The SMILES string of the molecule is CCNC(=O)c1cccc([O])c1O. The highest BCUT2D eigenvalue weighted by atomic mass is 16.3. The number of aromatic hydroxyl groups is 1. The summed E-state index contributed by atoms with van der Waals surface area (Å²) in [5, 5.41) is 22.6. The van der Waals surface area contributed by atoms with Gasteiger partial charge in [-0.1, -0.05) is 6.07 Å². The van der Waals surface area contributed by atoms with E-state index in [2.05, 4.69) is 5.32 Å². The Morgan fingerprint density at radius 3 is 2.85 bits per heavy atom. The third-order valence-corrected chi connectivity index (χ3v) is 1.58. The molecule has 0 aromatic heterocycles. The van der Waals surface area contributed by atoms with Crippen molar-refractivity contribution in [3.8, 4) is 11.5 Å². The van der Waals surface area contributed by atoms with Gasteiger partial charge in [0.05, 0.1) is 5.56 Å². The van der Waals surface area contributed by atoms with Gasteiger partial charge in [0.2, 0.25) is 5.75 Å². The maximum atomic E-state index is 11.2. The maximum absolute atomic E-state index is 11.2. The molecule has 0 heterocycles. The summed E-state index contributed by atoms with van der Waals surface area (Å²) in [7, 11) is 0. The minimum atomic E-state index is -0.538. The van der Waals surface area contributed by atoms with Crippen LogP contribution in [0.3, 0.4) is 0 Å². The Morgan fingerprint density at radius 2 is 2.23 bits per heavy atom. The van der Waals surface area contributed by atoms with Gasteiger partial charge in [0.1, 0.15) is 0 Å². The number of carbonyl (C=O) groups is 1. The molecule has 0 spiro atoms. The Labute approximate surface area is 75.8 Å². The second-order valence-electron chi connectivity index (χ2n) is 2.51. The first-order valence-electron chi connectivity index (χ1n) is 3.94. The number of para-hydroxylation sites is 1. The maximum Gasteiger partial charge on any atom is 0.255 e. The van der Waals surface area contributed by atoms with Crippen LogP contribution in [0.4, 0.5) is 0 Å². The van der Waals surface area contributed by atoms with E-state index < -0.39 is 17.4 Å². The first kappa shape index (κ1) is 9.38. The van der Waals surface area contributed by atoms with Crippen LogP contribution in [0, 0.1) is 0 Å². The molecule has 1 rings (SSSR count). The van der Waals surface area contributed by atoms with Crippen LogP contribution in [-0.2, 0) is 5.11 Å². The van der Waals surface area contributed by atoms with Crippen molar-refractivity contribution in [3.05, 3.63) is 23.8 Å². The number of hydrogen-bond donors (Lipinski definition) is 2. The van der Waals surface area contributed by atoms with Gasteiger partial charge in [-0.25, -0.2) is 0 Å². The zero-order valence-corrected chi connectivity index (χ0v) is 7.20. The molecule has 0 unspecified atom stereocenters. The number of carbonyl (C=O) groups excluding carboxylic acids is 1. The summed E-state index contributed by atoms with van der Waals surface area (Å²) < 4.78 is 0. The molecule has 0 saturated heterocycles. The first-order chi connectivity index (χ1) is 6.16. The number of hydrogen-bond acceptors (Lipinski definition) is 2. The van der Waals surface area contributed by atoms with Crippen molar-refractivity contribution >= 4 is 5.91 Å². The van der Waals surface area contributed by atoms with Gasteiger partial charge >= 0.3 is 0 Å². The van der Waals surface area contributed by atoms with Crippen molar-refractivity contribution in [1.82, 2.24) is 5.32 Å². The molecule has 4 heteroatoms. The molecule has 0 fully saturated rings.